The average Bonchev–Trinajstić information content (AvgIpc) is 3.94. The second kappa shape index (κ2) is 10.3. The monoisotopic (exact) mass is 663 g/mol. The summed E-state index contributed by atoms with van der Waals surface area (Å²) >= 11 is 0. The van der Waals surface area contributed by atoms with Crippen molar-refractivity contribution in [1.82, 2.24) is 13.7 Å². The molecule has 4 heteroatoms. The summed E-state index contributed by atoms with van der Waals surface area (Å²) in [5.41, 5.74) is 12.3. The van der Waals surface area contributed by atoms with Crippen LogP contribution in [0.1, 0.15) is 0 Å². The lowest BCUT2D eigenvalue weighted by atomic mass is 10.1. The molecule has 0 aliphatic rings. The number of furan rings is 1. The van der Waals surface area contributed by atoms with Crippen LogP contribution in [0.15, 0.2) is 180 Å². The predicted octanol–water partition coefficient (Wildman–Crippen LogP) is 12.9. The zero-order valence-corrected chi connectivity index (χ0v) is 28.0. The van der Waals surface area contributed by atoms with Gasteiger partial charge in [-0.1, -0.05) is 97.1 Å². The number of rotatable bonds is 3. The molecule has 0 amide bonds. The summed E-state index contributed by atoms with van der Waals surface area (Å²) in [5.74, 6) is 0. The molecule has 4 heterocycles. The highest BCUT2D eigenvalue weighted by molar-refractivity contribution is 6.17. The molecule has 8 aromatic carbocycles. The molecule has 0 atom stereocenters. The van der Waals surface area contributed by atoms with Gasteiger partial charge in [0, 0.05) is 54.5 Å². The zero-order chi connectivity index (χ0) is 33.9. The van der Waals surface area contributed by atoms with Crippen molar-refractivity contribution in [3.63, 3.8) is 0 Å². The maximum absolute atomic E-state index is 6.48. The Balaban J connectivity index is 1.11. The molecule has 4 nitrogen and oxygen atoms in total. The molecule has 0 N–H and O–H groups in total. The smallest absolute Gasteiger partial charge is 0.135 e. The topological polar surface area (TPSA) is 27.9 Å². The third-order valence-electron chi connectivity index (χ3n) is 11.0. The number of benzene rings is 8. The summed E-state index contributed by atoms with van der Waals surface area (Å²) in [6.07, 6.45) is 0. The normalized spacial score (nSPS) is 12.2. The van der Waals surface area contributed by atoms with Crippen molar-refractivity contribution < 1.29 is 4.42 Å². The van der Waals surface area contributed by atoms with Gasteiger partial charge < -0.3 is 18.1 Å². The van der Waals surface area contributed by atoms with E-state index in [0.717, 1.165) is 33.3 Å². The molecule has 12 aromatic rings. The van der Waals surface area contributed by atoms with Crippen molar-refractivity contribution in [2.24, 2.45) is 0 Å². The third kappa shape index (κ3) is 3.65. The number of para-hydroxylation sites is 5. The van der Waals surface area contributed by atoms with Crippen molar-refractivity contribution >= 4 is 87.4 Å². The largest absolute Gasteiger partial charge is 0.456 e. The van der Waals surface area contributed by atoms with Gasteiger partial charge in [-0.05, 0) is 78.9 Å². The Kier molecular flexibility index (Phi) is 5.47. The van der Waals surface area contributed by atoms with E-state index in [9.17, 15) is 0 Å². The van der Waals surface area contributed by atoms with Gasteiger partial charge in [0.05, 0.1) is 38.8 Å². The first-order valence-corrected chi connectivity index (χ1v) is 17.8. The highest BCUT2D eigenvalue weighted by Gasteiger charge is 2.20. The Morgan fingerprint density at radius 3 is 1.17 bits per heavy atom. The minimum atomic E-state index is 0.879. The molecule has 242 valence electrons. The first kappa shape index (κ1) is 27.7. The maximum Gasteiger partial charge on any atom is 0.135 e. The molecule has 0 spiro atoms. The minimum absolute atomic E-state index is 0.879. The van der Waals surface area contributed by atoms with E-state index in [1.165, 1.54) is 71.1 Å². The van der Waals surface area contributed by atoms with Gasteiger partial charge >= 0.3 is 0 Å². The van der Waals surface area contributed by atoms with Crippen LogP contribution in [0.2, 0.25) is 0 Å². The van der Waals surface area contributed by atoms with E-state index in [1.807, 2.05) is 0 Å². The summed E-state index contributed by atoms with van der Waals surface area (Å²) in [6, 6.07) is 63.5. The fourth-order valence-corrected chi connectivity index (χ4v) is 8.88. The van der Waals surface area contributed by atoms with E-state index in [1.54, 1.807) is 0 Å². The zero-order valence-electron chi connectivity index (χ0n) is 28.0. The van der Waals surface area contributed by atoms with Gasteiger partial charge in [0.15, 0.2) is 0 Å². The number of hydrogen-bond donors (Lipinski definition) is 0. The van der Waals surface area contributed by atoms with E-state index < -0.39 is 0 Å². The Bertz CT molecular complexity index is 3320. The van der Waals surface area contributed by atoms with Crippen LogP contribution in [0.3, 0.4) is 0 Å². The van der Waals surface area contributed by atoms with Crippen molar-refractivity contribution in [1.29, 1.82) is 0 Å². The van der Waals surface area contributed by atoms with Gasteiger partial charge in [0.1, 0.15) is 11.2 Å². The Labute approximate surface area is 297 Å². The van der Waals surface area contributed by atoms with Crippen LogP contribution in [0.25, 0.3) is 104 Å². The van der Waals surface area contributed by atoms with Crippen molar-refractivity contribution in [3.8, 4) is 17.1 Å². The second-order valence-electron chi connectivity index (χ2n) is 13.7. The van der Waals surface area contributed by atoms with Crippen molar-refractivity contribution in [3.05, 3.63) is 176 Å². The fraction of sp³-hybridized carbons (Fsp3) is 0. The quantitative estimate of drug-likeness (QED) is 0.185. The number of fused-ring (bicyclic) bond motifs is 12. The van der Waals surface area contributed by atoms with E-state index in [2.05, 4.69) is 190 Å². The van der Waals surface area contributed by atoms with Crippen LogP contribution >= 0.6 is 0 Å². The van der Waals surface area contributed by atoms with E-state index in [4.69, 9.17) is 4.42 Å². The summed E-state index contributed by atoms with van der Waals surface area (Å²) in [7, 11) is 0. The van der Waals surface area contributed by atoms with Crippen LogP contribution in [0.5, 0.6) is 0 Å². The molecule has 0 aliphatic heterocycles. The van der Waals surface area contributed by atoms with Gasteiger partial charge in [0.2, 0.25) is 0 Å². The van der Waals surface area contributed by atoms with E-state index >= 15 is 0 Å². The molecule has 0 unspecified atom stereocenters. The highest BCUT2D eigenvalue weighted by atomic mass is 16.3. The first-order valence-electron chi connectivity index (χ1n) is 17.8. The lowest BCUT2D eigenvalue weighted by Gasteiger charge is -2.11. The summed E-state index contributed by atoms with van der Waals surface area (Å²) in [5, 5.41) is 9.68. The second-order valence-corrected chi connectivity index (χ2v) is 13.7. The molecule has 0 aliphatic carbocycles. The van der Waals surface area contributed by atoms with Crippen molar-refractivity contribution in [2.75, 3.05) is 0 Å². The van der Waals surface area contributed by atoms with Gasteiger partial charge in [-0.3, -0.25) is 0 Å². The fourth-order valence-electron chi connectivity index (χ4n) is 8.88. The first-order chi connectivity index (χ1) is 25.8. The predicted molar refractivity (Wildman–Crippen MR) is 217 cm³/mol. The molecular formula is C48H29N3O. The van der Waals surface area contributed by atoms with E-state index in [0.29, 0.717) is 0 Å². The molecule has 52 heavy (non-hydrogen) atoms. The lowest BCUT2D eigenvalue weighted by Crippen LogP contribution is -1.96. The third-order valence-corrected chi connectivity index (χ3v) is 11.0. The Morgan fingerprint density at radius 2 is 0.673 bits per heavy atom. The highest BCUT2D eigenvalue weighted by Crippen LogP contribution is 2.41. The molecule has 0 bridgehead atoms. The molecule has 4 aromatic heterocycles. The molecule has 0 saturated heterocycles. The summed E-state index contributed by atoms with van der Waals surface area (Å²) < 4.78 is 13.7. The van der Waals surface area contributed by atoms with Crippen LogP contribution in [-0.2, 0) is 0 Å². The van der Waals surface area contributed by atoms with Gasteiger partial charge in [-0.25, -0.2) is 0 Å². The Morgan fingerprint density at radius 1 is 0.288 bits per heavy atom. The SMILES string of the molecule is c1ccc2c(c1)c1ccccc1n2-c1ccc2oc3ccc(-n4c5ccccc5c5c(-n6c7ccccc7c7ccccc76)cccc54)cc3c2c1. The van der Waals surface area contributed by atoms with E-state index in [-0.39, 0.29) is 0 Å². The molecular weight excluding hydrogens is 635 g/mol. The number of hydrogen-bond acceptors (Lipinski definition) is 1. The summed E-state index contributed by atoms with van der Waals surface area (Å²) in [6.45, 7) is 0. The van der Waals surface area contributed by atoms with Crippen LogP contribution in [-0.4, -0.2) is 13.7 Å². The summed E-state index contributed by atoms with van der Waals surface area (Å²) in [4.78, 5) is 0. The standard InChI is InChI=1S/C48H29N3O/c1-6-17-39-32(12-1)33-13-2-7-18-40(33)49(39)30-24-26-46-37(28-30)38-29-31(25-27-47(38)52-46)50-43-21-10-5-16-36(43)48-44(50)22-11-23-45(48)51-41-19-8-3-14-34(41)35-15-4-9-20-42(35)51/h1-29H. The van der Waals surface area contributed by atoms with Crippen LogP contribution in [0.4, 0.5) is 0 Å². The molecule has 12 rings (SSSR count). The van der Waals surface area contributed by atoms with Gasteiger partial charge in [0.25, 0.3) is 0 Å². The molecule has 0 fully saturated rings. The van der Waals surface area contributed by atoms with Crippen LogP contribution < -0.4 is 0 Å². The molecule has 0 saturated carbocycles. The number of aromatic nitrogens is 3. The van der Waals surface area contributed by atoms with Gasteiger partial charge in [-0.2, -0.15) is 0 Å². The maximum atomic E-state index is 6.48. The van der Waals surface area contributed by atoms with Crippen LogP contribution in [0, 0.1) is 0 Å². The average molecular weight is 664 g/mol. The van der Waals surface area contributed by atoms with Crippen molar-refractivity contribution in [2.45, 2.75) is 0 Å². The van der Waals surface area contributed by atoms with Gasteiger partial charge in [-0.15, -0.1) is 0 Å². The number of nitrogens with zero attached hydrogens (tertiary/aromatic N) is 3. The lowest BCUT2D eigenvalue weighted by molar-refractivity contribution is 0.669. The minimum Gasteiger partial charge on any atom is -0.456 e. The Hall–Kier alpha value is -7.04. The molecule has 0 radical (unpaired) electrons.